The molecule has 0 bridgehead atoms. The van der Waals surface area contributed by atoms with Gasteiger partial charge in [0.2, 0.25) is 0 Å². The Kier molecular flexibility index (Phi) is 4.36. The summed E-state index contributed by atoms with van der Waals surface area (Å²) in [5, 5.41) is 9.32. The van der Waals surface area contributed by atoms with Crippen LogP contribution in [0.4, 0.5) is 13.2 Å². The Labute approximate surface area is 87.0 Å². The lowest BCUT2D eigenvalue weighted by Gasteiger charge is -2.37. The minimum atomic E-state index is -4.25. The Hall–Kier alpha value is -0.330. The first-order valence-electron chi connectivity index (χ1n) is 5.14. The van der Waals surface area contributed by atoms with Gasteiger partial charge in [-0.3, -0.25) is 4.90 Å². The van der Waals surface area contributed by atoms with Crippen molar-refractivity contribution in [2.75, 3.05) is 19.6 Å². The van der Waals surface area contributed by atoms with Crippen LogP contribution in [0.2, 0.25) is 0 Å². The minimum Gasteiger partial charge on any atom is -0.392 e. The Morgan fingerprint density at radius 3 is 2.60 bits per heavy atom. The second-order valence-corrected chi connectivity index (χ2v) is 3.93. The number of alkyl halides is 3. The highest BCUT2D eigenvalue weighted by Gasteiger charge is 2.43. The van der Waals surface area contributed by atoms with Gasteiger partial charge in [0.15, 0.2) is 0 Å². The van der Waals surface area contributed by atoms with E-state index in [0.29, 0.717) is 19.4 Å². The average Bonchev–Trinajstić information content (AvgIpc) is 2.12. The summed E-state index contributed by atoms with van der Waals surface area (Å²) in [5.74, 6) is 0. The van der Waals surface area contributed by atoms with Crippen molar-refractivity contribution in [3.63, 3.8) is 0 Å². The van der Waals surface area contributed by atoms with Crippen LogP contribution >= 0.6 is 0 Å². The summed E-state index contributed by atoms with van der Waals surface area (Å²) >= 11 is 0. The number of halogens is 3. The number of hydrogen-bond acceptors (Lipinski definition) is 3. The van der Waals surface area contributed by atoms with Crippen molar-refractivity contribution in [1.29, 1.82) is 0 Å². The van der Waals surface area contributed by atoms with E-state index in [1.807, 2.05) is 0 Å². The topological polar surface area (TPSA) is 49.5 Å². The molecule has 2 atom stereocenters. The summed E-state index contributed by atoms with van der Waals surface area (Å²) in [7, 11) is 0. The summed E-state index contributed by atoms with van der Waals surface area (Å²) < 4.78 is 37.9. The third-order valence-corrected chi connectivity index (χ3v) is 2.69. The summed E-state index contributed by atoms with van der Waals surface area (Å²) in [6.07, 6.45) is -3.80. The van der Waals surface area contributed by atoms with Crippen LogP contribution in [0.3, 0.4) is 0 Å². The van der Waals surface area contributed by atoms with Crippen LogP contribution < -0.4 is 5.73 Å². The lowest BCUT2D eigenvalue weighted by Crippen LogP contribution is -2.51. The fourth-order valence-corrected chi connectivity index (χ4v) is 1.98. The SMILES string of the molecule is NCCC(N1CCCC(O)C1)C(F)(F)F. The number of piperidine rings is 1. The third kappa shape index (κ3) is 3.62. The van der Waals surface area contributed by atoms with Crippen molar-refractivity contribution in [2.24, 2.45) is 5.73 Å². The van der Waals surface area contributed by atoms with E-state index in [1.54, 1.807) is 0 Å². The second kappa shape index (κ2) is 5.14. The first-order chi connectivity index (χ1) is 6.95. The van der Waals surface area contributed by atoms with Gasteiger partial charge in [0.1, 0.15) is 6.04 Å². The van der Waals surface area contributed by atoms with E-state index in [4.69, 9.17) is 5.73 Å². The van der Waals surface area contributed by atoms with Crippen molar-refractivity contribution in [2.45, 2.75) is 37.6 Å². The van der Waals surface area contributed by atoms with Gasteiger partial charge in [0.25, 0.3) is 0 Å². The van der Waals surface area contributed by atoms with E-state index in [-0.39, 0.29) is 19.5 Å². The highest BCUT2D eigenvalue weighted by Crippen LogP contribution is 2.29. The highest BCUT2D eigenvalue weighted by molar-refractivity contribution is 4.83. The van der Waals surface area contributed by atoms with Crippen molar-refractivity contribution in [3.8, 4) is 0 Å². The van der Waals surface area contributed by atoms with Crippen LogP contribution in [0.25, 0.3) is 0 Å². The summed E-state index contributed by atoms with van der Waals surface area (Å²) in [5.41, 5.74) is 5.18. The Balaban J connectivity index is 2.62. The molecular formula is C9H17F3N2O. The molecule has 0 aromatic carbocycles. The Morgan fingerprint density at radius 2 is 2.13 bits per heavy atom. The van der Waals surface area contributed by atoms with E-state index >= 15 is 0 Å². The van der Waals surface area contributed by atoms with Crippen LogP contribution in [-0.2, 0) is 0 Å². The largest absolute Gasteiger partial charge is 0.404 e. The lowest BCUT2D eigenvalue weighted by molar-refractivity contribution is -0.191. The smallest absolute Gasteiger partial charge is 0.392 e. The van der Waals surface area contributed by atoms with E-state index in [9.17, 15) is 18.3 Å². The van der Waals surface area contributed by atoms with E-state index in [1.165, 1.54) is 4.90 Å². The molecule has 1 saturated heterocycles. The Bertz CT molecular complexity index is 198. The molecule has 1 aliphatic rings. The molecular weight excluding hydrogens is 209 g/mol. The maximum atomic E-state index is 12.6. The van der Waals surface area contributed by atoms with Gasteiger partial charge in [-0.2, -0.15) is 13.2 Å². The average molecular weight is 226 g/mol. The number of rotatable bonds is 3. The zero-order valence-electron chi connectivity index (χ0n) is 8.50. The van der Waals surface area contributed by atoms with Crippen molar-refractivity contribution < 1.29 is 18.3 Å². The van der Waals surface area contributed by atoms with Gasteiger partial charge in [-0.25, -0.2) is 0 Å². The molecule has 1 aliphatic heterocycles. The summed E-state index contributed by atoms with van der Waals surface area (Å²) in [6, 6.07) is -1.50. The minimum absolute atomic E-state index is 0.0107. The van der Waals surface area contributed by atoms with Crippen LogP contribution in [-0.4, -0.2) is 48.0 Å². The fourth-order valence-electron chi connectivity index (χ4n) is 1.98. The number of likely N-dealkylation sites (tertiary alicyclic amines) is 1. The number of β-amino-alcohol motifs (C(OH)–C–C–N with tert-alkyl or cyclic N) is 1. The maximum absolute atomic E-state index is 12.6. The molecule has 0 aliphatic carbocycles. The highest BCUT2D eigenvalue weighted by atomic mass is 19.4. The van der Waals surface area contributed by atoms with Crippen molar-refractivity contribution >= 4 is 0 Å². The normalized spacial score (nSPS) is 26.6. The predicted molar refractivity (Wildman–Crippen MR) is 50.3 cm³/mol. The van der Waals surface area contributed by atoms with Crippen LogP contribution in [0.1, 0.15) is 19.3 Å². The first kappa shape index (κ1) is 12.7. The summed E-state index contributed by atoms with van der Waals surface area (Å²) in [6.45, 7) is 0.502. The zero-order valence-corrected chi connectivity index (χ0v) is 8.50. The van der Waals surface area contributed by atoms with Crippen molar-refractivity contribution in [3.05, 3.63) is 0 Å². The van der Waals surface area contributed by atoms with Gasteiger partial charge < -0.3 is 10.8 Å². The van der Waals surface area contributed by atoms with Gasteiger partial charge in [0, 0.05) is 6.54 Å². The van der Waals surface area contributed by atoms with Crippen LogP contribution in [0.15, 0.2) is 0 Å². The fraction of sp³-hybridized carbons (Fsp3) is 1.00. The van der Waals surface area contributed by atoms with Crippen molar-refractivity contribution in [1.82, 2.24) is 4.90 Å². The zero-order chi connectivity index (χ0) is 11.5. The number of nitrogens with two attached hydrogens (primary N) is 1. The molecule has 1 fully saturated rings. The molecule has 3 nitrogen and oxygen atoms in total. The number of aliphatic hydroxyl groups is 1. The molecule has 6 heteroatoms. The van der Waals surface area contributed by atoms with Gasteiger partial charge in [-0.15, -0.1) is 0 Å². The molecule has 0 radical (unpaired) electrons. The van der Waals surface area contributed by atoms with Gasteiger partial charge in [0.05, 0.1) is 6.10 Å². The summed E-state index contributed by atoms with van der Waals surface area (Å²) in [4.78, 5) is 1.29. The van der Waals surface area contributed by atoms with Gasteiger partial charge in [-0.05, 0) is 32.4 Å². The molecule has 2 unspecified atom stereocenters. The lowest BCUT2D eigenvalue weighted by atomic mass is 10.0. The molecule has 1 heterocycles. The first-order valence-corrected chi connectivity index (χ1v) is 5.14. The predicted octanol–water partition coefficient (Wildman–Crippen LogP) is 0.723. The van der Waals surface area contributed by atoms with Gasteiger partial charge >= 0.3 is 6.18 Å². The quantitative estimate of drug-likeness (QED) is 0.745. The molecule has 90 valence electrons. The molecule has 0 amide bonds. The molecule has 1 rings (SSSR count). The van der Waals surface area contributed by atoms with Crippen LogP contribution in [0, 0.1) is 0 Å². The molecule has 0 aromatic heterocycles. The monoisotopic (exact) mass is 226 g/mol. The van der Waals surface area contributed by atoms with E-state index in [2.05, 4.69) is 0 Å². The molecule has 0 saturated carbocycles. The second-order valence-electron chi connectivity index (χ2n) is 3.93. The molecule has 0 spiro atoms. The van der Waals surface area contributed by atoms with Gasteiger partial charge in [-0.1, -0.05) is 0 Å². The standard InChI is InChI=1S/C9H17F3N2O/c10-9(11,12)8(3-4-13)14-5-1-2-7(15)6-14/h7-8,15H,1-6,13H2. The molecule has 3 N–H and O–H groups in total. The number of hydrogen-bond donors (Lipinski definition) is 2. The van der Waals surface area contributed by atoms with E-state index < -0.39 is 18.3 Å². The van der Waals surface area contributed by atoms with E-state index in [0.717, 1.165) is 0 Å². The molecule has 15 heavy (non-hydrogen) atoms. The number of nitrogens with zero attached hydrogens (tertiary/aromatic N) is 1. The Morgan fingerprint density at radius 1 is 1.47 bits per heavy atom. The maximum Gasteiger partial charge on any atom is 0.404 e. The third-order valence-electron chi connectivity index (χ3n) is 2.69. The molecule has 0 aromatic rings. The van der Waals surface area contributed by atoms with Crippen LogP contribution in [0.5, 0.6) is 0 Å². The number of aliphatic hydroxyl groups excluding tert-OH is 1.